The van der Waals surface area contributed by atoms with E-state index in [1.165, 1.54) is 0 Å². The van der Waals surface area contributed by atoms with Gasteiger partial charge in [-0.15, -0.1) is 0 Å². The van der Waals surface area contributed by atoms with Crippen LogP contribution in [0.15, 0.2) is 5.16 Å². The Hall–Kier alpha value is -0.770. The minimum atomic E-state index is -0.549. The van der Waals surface area contributed by atoms with Crippen LogP contribution in [0.2, 0.25) is 0 Å². The van der Waals surface area contributed by atoms with Crippen LogP contribution < -0.4 is 0 Å². The summed E-state index contributed by atoms with van der Waals surface area (Å²) in [5.41, 5.74) is 0. The Bertz CT molecular complexity index is 217. The number of rotatable bonds is 2. The topological polar surface area (TPSA) is 47.9 Å². The molecular weight excluding hydrogens is 182 g/mol. The second-order valence-corrected chi connectivity index (χ2v) is 2.84. The molecule has 0 aromatic heterocycles. The first kappa shape index (κ1) is 9.32. The van der Waals surface area contributed by atoms with Crippen molar-refractivity contribution < 1.29 is 14.4 Å². The number of carbonyl (C=O) groups excluding carboxylic acids is 1. The van der Waals surface area contributed by atoms with E-state index >= 15 is 0 Å². The van der Waals surface area contributed by atoms with E-state index in [1.54, 1.807) is 13.8 Å². The minimum absolute atomic E-state index is 0.168. The smallest absolute Gasteiger partial charge is 0.320 e. The van der Waals surface area contributed by atoms with Crippen LogP contribution in [0.25, 0.3) is 0 Å². The van der Waals surface area contributed by atoms with Gasteiger partial charge >= 0.3 is 5.97 Å². The second-order valence-electron chi connectivity index (χ2n) is 2.45. The average Bonchev–Trinajstić information content (AvgIpc) is 2.32. The number of hydrogen-bond acceptors (Lipinski definition) is 4. The van der Waals surface area contributed by atoms with Crippen LogP contribution in [0.3, 0.4) is 0 Å². The maximum absolute atomic E-state index is 11.2. The lowest BCUT2D eigenvalue weighted by Crippen LogP contribution is -2.28. The third kappa shape index (κ3) is 1.69. The second kappa shape index (κ2) is 3.76. The predicted octanol–water partition coefficient (Wildman–Crippen LogP) is 1.14. The number of oxime groups is 1. The molecular formula is C7H10ClNO3. The summed E-state index contributed by atoms with van der Waals surface area (Å²) in [7, 11) is 0. The van der Waals surface area contributed by atoms with Crippen molar-refractivity contribution in [1.29, 1.82) is 0 Å². The van der Waals surface area contributed by atoms with E-state index < -0.39 is 5.92 Å². The molecule has 1 heterocycles. The number of carbonyl (C=O) groups is 1. The Labute approximate surface area is 75.5 Å². The summed E-state index contributed by atoms with van der Waals surface area (Å²) in [6.07, 6.45) is -0.323. The first-order chi connectivity index (χ1) is 5.66. The van der Waals surface area contributed by atoms with Crippen molar-refractivity contribution in [2.24, 2.45) is 11.1 Å². The van der Waals surface area contributed by atoms with Crippen molar-refractivity contribution in [2.45, 2.75) is 20.0 Å². The maximum atomic E-state index is 11.2. The standard InChI is InChI=1S/C7H10ClNO3/c1-3-11-7(10)5-4(2)12-9-6(5)8/h4-5H,3H2,1-2H3/t4-,5+/m1/s1. The molecule has 0 bridgehead atoms. The molecule has 1 rings (SSSR count). The molecule has 0 aromatic rings. The van der Waals surface area contributed by atoms with Gasteiger partial charge in [0, 0.05) is 0 Å². The molecule has 5 heteroatoms. The maximum Gasteiger partial charge on any atom is 0.320 e. The van der Waals surface area contributed by atoms with Crippen molar-refractivity contribution >= 4 is 22.7 Å². The number of esters is 1. The fourth-order valence-electron chi connectivity index (χ4n) is 0.966. The first-order valence-electron chi connectivity index (χ1n) is 3.72. The molecule has 0 aliphatic carbocycles. The highest BCUT2D eigenvalue weighted by molar-refractivity contribution is 6.67. The summed E-state index contributed by atoms with van der Waals surface area (Å²) in [6, 6.07) is 0. The summed E-state index contributed by atoms with van der Waals surface area (Å²) >= 11 is 5.63. The van der Waals surface area contributed by atoms with Gasteiger partial charge < -0.3 is 9.57 Å². The lowest BCUT2D eigenvalue weighted by atomic mass is 10.1. The average molecular weight is 192 g/mol. The van der Waals surface area contributed by atoms with Crippen molar-refractivity contribution in [2.75, 3.05) is 6.61 Å². The van der Waals surface area contributed by atoms with Crippen LogP contribution in [0.5, 0.6) is 0 Å². The van der Waals surface area contributed by atoms with Crippen molar-refractivity contribution in [3.8, 4) is 0 Å². The normalized spacial score (nSPS) is 27.8. The molecule has 12 heavy (non-hydrogen) atoms. The van der Waals surface area contributed by atoms with E-state index in [9.17, 15) is 4.79 Å². The number of halogens is 1. The zero-order valence-electron chi connectivity index (χ0n) is 6.91. The molecule has 68 valence electrons. The molecule has 2 atom stereocenters. The van der Waals surface area contributed by atoms with Crippen LogP contribution in [0, 0.1) is 5.92 Å². The van der Waals surface area contributed by atoms with E-state index in [4.69, 9.17) is 21.2 Å². The van der Waals surface area contributed by atoms with Crippen LogP contribution in [0.1, 0.15) is 13.8 Å². The lowest BCUT2D eigenvalue weighted by molar-refractivity contribution is -0.148. The first-order valence-corrected chi connectivity index (χ1v) is 4.10. The predicted molar refractivity (Wildman–Crippen MR) is 44.0 cm³/mol. The Morgan fingerprint density at radius 1 is 1.83 bits per heavy atom. The highest BCUT2D eigenvalue weighted by Crippen LogP contribution is 2.21. The molecule has 0 radical (unpaired) electrons. The third-order valence-electron chi connectivity index (χ3n) is 1.57. The number of hydrogen-bond donors (Lipinski definition) is 0. The number of ether oxygens (including phenoxy) is 1. The summed E-state index contributed by atoms with van der Waals surface area (Å²) in [5, 5.41) is 3.65. The van der Waals surface area contributed by atoms with Crippen LogP contribution in [-0.4, -0.2) is 23.9 Å². The van der Waals surface area contributed by atoms with Crippen LogP contribution in [0.4, 0.5) is 0 Å². The van der Waals surface area contributed by atoms with E-state index in [0.717, 1.165) is 0 Å². The molecule has 0 unspecified atom stereocenters. The Kier molecular flexibility index (Phi) is 2.92. The van der Waals surface area contributed by atoms with Gasteiger partial charge in [0.25, 0.3) is 0 Å². The summed E-state index contributed by atoms with van der Waals surface area (Å²) < 4.78 is 4.78. The fraction of sp³-hybridized carbons (Fsp3) is 0.714. The Balaban J connectivity index is 2.61. The molecule has 0 fully saturated rings. The lowest BCUT2D eigenvalue weighted by Gasteiger charge is -2.10. The quantitative estimate of drug-likeness (QED) is 0.615. The van der Waals surface area contributed by atoms with E-state index in [-0.39, 0.29) is 17.2 Å². The molecule has 0 saturated heterocycles. The van der Waals surface area contributed by atoms with Crippen molar-refractivity contribution in [1.82, 2.24) is 0 Å². The Morgan fingerprint density at radius 2 is 2.50 bits per heavy atom. The molecule has 0 N–H and O–H groups in total. The molecule has 1 aliphatic rings. The van der Waals surface area contributed by atoms with Gasteiger partial charge in [-0.3, -0.25) is 4.79 Å². The Morgan fingerprint density at radius 3 is 2.92 bits per heavy atom. The molecule has 0 aromatic carbocycles. The SMILES string of the molecule is CCOC(=O)[C@@H]1C(Cl)=NO[C@@H]1C. The van der Waals surface area contributed by atoms with Gasteiger partial charge in [-0.1, -0.05) is 16.8 Å². The van der Waals surface area contributed by atoms with Crippen LogP contribution in [-0.2, 0) is 14.4 Å². The largest absolute Gasteiger partial charge is 0.465 e. The van der Waals surface area contributed by atoms with Gasteiger partial charge in [-0.05, 0) is 13.8 Å². The minimum Gasteiger partial charge on any atom is -0.465 e. The van der Waals surface area contributed by atoms with Crippen molar-refractivity contribution in [3.63, 3.8) is 0 Å². The van der Waals surface area contributed by atoms with Gasteiger partial charge in [0.15, 0.2) is 11.1 Å². The monoisotopic (exact) mass is 191 g/mol. The molecule has 4 nitrogen and oxygen atoms in total. The number of nitrogens with zero attached hydrogens (tertiary/aromatic N) is 1. The third-order valence-corrected chi connectivity index (χ3v) is 1.88. The molecule has 0 saturated carbocycles. The van der Waals surface area contributed by atoms with Gasteiger partial charge in [0.2, 0.25) is 0 Å². The van der Waals surface area contributed by atoms with E-state index in [1.807, 2.05) is 0 Å². The highest BCUT2D eigenvalue weighted by Gasteiger charge is 2.37. The summed E-state index contributed by atoms with van der Waals surface area (Å²) in [6.45, 7) is 3.80. The molecule has 0 amide bonds. The van der Waals surface area contributed by atoms with Gasteiger partial charge in [-0.25, -0.2) is 0 Å². The molecule has 1 aliphatic heterocycles. The van der Waals surface area contributed by atoms with Gasteiger partial charge in [0.05, 0.1) is 6.61 Å². The zero-order chi connectivity index (χ0) is 9.14. The van der Waals surface area contributed by atoms with Crippen molar-refractivity contribution in [3.05, 3.63) is 0 Å². The summed E-state index contributed by atoms with van der Waals surface area (Å²) in [5.74, 6) is -0.928. The van der Waals surface area contributed by atoms with Gasteiger partial charge in [0.1, 0.15) is 6.10 Å². The molecule has 0 spiro atoms. The van der Waals surface area contributed by atoms with E-state index in [2.05, 4.69) is 5.16 Å². The van der Waals surface area contributed by atoms with E-state index in [0.29, 0.717) is 6.61 Å². The highest BCUT2D eigenvalue weighted by atomic mass is 35.5. The zero-order valence-corrected chi connectivity index (χ0v) is 7.67. The summed E-state index contributed by atoms with van der Waals surface area (Å²) in [4.78, 5) is 16.0. The fourth-order valence-corrected chi connectivity index (χ4v) is 1.27. The van der Waals surface area contributed by atoms with Crippen LogP contribution >= 0.6 is 11.6 Å². The van der Waals surface area contributed by atoms with Gasteiger partial charge in [-0.2, -0.15) is 0 Å².